The summed E-state index contributed by atoms with van der Waals surface area (Å²) in [5.41, 5.74) is 0. The Labute approximate surface area is 67.4 Å². The van der Waals surface area contributed by atoms with Gasteiger partial charge in [0.2, 0.25) is 0 Å². The molecule has 0 aliphatic heterocycles. The molecular weight excluding hydrogens is 435 g/mol. The number of carbonyl (C=O) groups is 3. The van der Waals surface area contributed by atoms with Gasteiger partial charge in [0, 0.05) is 0 Å². The first-order chi connectivity index (χ1) is 5.43. The molecule has 0 atom stereocenters. The van der Waals surface area contributed by atoms with Crippen molar-refractivity contribution in [3.8, 4) is 0 Å². The van der Waals surface area contributed by atoms with Crippen LogP contribution in [0.2, 0.25) is 0 Å². The molecule has 0 aromatic rings. The summed E-state index contributed by atoms with van der Waals surface area (Å²) in [7, 11) is 0. The molecule has 13 heavy (non-hydrogen) atoms. The summed E-state index contributed by atoms with van der Waals surface area (Å²) in [6, 6.07) is 0. The zero-order valence-corrected chi connectivity index (χ0v) is 13.2. The van der Waals surface area contributed by atoms with Crippen molar-refractivity contribution in [2.75, 3.05) is 0 Å². The third-order valence-corrected chi connectivity index (χ3v) is 1.19. The summed E-state index contributed by atoms with van der Waals surface area (Å²) < 4.78 is 0. The Bertz CT molecular complexity index is 197. The largest absolute Gasteiger partial charge is 0.481 e. The van der Waals surface area contributed by atoms with E-state index < -0.39 is 36.7 Å². The third kappa shape index (κ3) is 5.84. The van der Waals surface area contributed by atoms with Crippen LogP contribution >= 0.6 is 0 Å². The van der Waals surface area contributed by atoms with Gasteiger partial charge in [-0.15, -0.1) is 0 Å². The fraction of sp³-hybridized carbons (Fsp3) is 0.500. The standard InChI is InChI=1S/C6H8O6.Rf/c7-4(8)1-3(6(11)12)2-5(9)10;/h3H,1-2H2,(H,7,8)(H,9,10)(H,11,12);. The predicted octanol–water partition coefficient (Wildman–Crippen LogP) is -0.363. The quantitative estimate of drug-likeness (QED) is 0.535. The molecule has 0 radical (unpaired) electrons. The molecule has 0 bridgehead atoms. The van der Waals surface area contributed by atoms with Gasteiger partial charge in [-0.3, -0.25) is 14.4 Å². The van der Waals surface area contributed by atoms with E-state index in [1.165, 1.54) is 0 Å². The molecular formula is C6H8O6Rf. The van der Waals surface area contributed by atoms with Crippen molar-refractivity contribution in [3.05, 3.63) is 0 Å². The Morgan fingerprint density at radius 3 is 1.38 bits per heavy atom. The van der Waals surface area contributed by atoms with Crippen LogP contribution in [-0.2, 0) is 14.4 Å². The molecule has 0 fully saturated rings. The minimum absolute atomic E-state index is 0. The van der Waals surface area contributed by atoms with Crippen LogP contribution in [0.1, 0.15) is 12.8 Å². The van der Waals surface area contributed by atoms with E-state index in [2.05, 4.69) is 0 Å². The number of hydrogen-bond donors (Lipinski definition) is 3. The minimum Gasteiger partial charge on any atom is -0.481 e. The van der Waals surface area contributed by atoms with Crippen molar-refractivity contribution in [2.24, 2.45) is 5.92 Å². The summed E-state index contributed by atoms with van der Waals surface area (Å²) in [5, 5.41) is 24.7. The molecule has 0 heterocycles. The van der Waals surface area contributed by atoms with Crippen molar-refractivity contribution >= 4 is 17.9 Å². The van der Waals surface area contributed by atoms with Crippen molar-refractivity contribution in [3.63, 3.8) is 0 Å². The van der Waals surface area contributed by atoms with Crippen molar-refractivity contribution < 1.29 is 29.7 Å². The molecule has 0 saturated heterocycles. The molecule has 0 rings (SSSR count). The topological polar surface area (TPSA) is 112 Å². The second kappa shape index (κ2) is 5.11. The monoisotopic (exact) mass is 443 g/mol. The molecule has 70 valence electrons. The van der Waals surface area contributed by atoms with E-state index in [-0.39, 0.29) is 0 Å². The van der Waals surface area contributed by atoms with Gasteiger partial charge in [-0.25, -0.2) is 0 Å². The molecule has 0 aromatic carbocycles. The van der Waals surface area contributed by atoms with Gasteiger partial charge in [0.15, 0.2) is 0 Å². The van der Waals surface area contributed by atoms with E-state index >= 15 is 0 Å². The Balaban J connectivity index is 0. The number of rotatable bonds is 5. The summed E-state index contributed by atoms with van der Waals surface area (Å²) in [5.74, 6) is -5.38. The molecule has 0 aliphatic rings. The molecule has 0 aliphatic carbocycles. The van der Waals surface area contributed by atoms with Gasteiger partial charge in [0.25, 0.3) is 0 Å². The maximum Gasteiger partial charge on any atom is 0.307 e. The van der Waals surface area contributed by atoms with E-state index in [0.717, 1.165) is 0 Å². The van der Waals surface area contributed by atoms with Crippen molar-refractivity contribution in [2.45, 2.75) is 12.8 Å². The zero-order valence-electron chi connectivity index (χ0n) is 6.77. The number of aliphatic carboxylic acids is 3. The third-order valence-electron chi connectivity index (χ3n) is 1.19. The first kappa shape index (κ1) is 13.0. The smallest absolute Gasteiger partial charge is 0.307 e. The SMILES string of the molecule is O=C(O)CC(CC(=O)O)C(=O)O.[Rf]. The Morgan fingerprint density at radius 2 is 1.23 bits per heavy atom. The summed E-state index contributed by atoms with van der Waals surface area (Å²) in [6.45, 7) is 0. The summed E-state index contributed by atoms with van der Waals surface area (Å²) >= 11 is 0. The summed E-state index contributed by atoms with van der Waals surface area (Å²) in [6.07, 6.45) is -1.33. The van der Waals surface area contributed by atoms with Gasteiger partial charge >= 0.3 is 17.9 Å². The average molecular weight is 443 g/mol. The molecule has 3 N–H and O–H groups in total. The Morgan fingerprint density at radius 1 is 0.923 bits per heavy atom. The second-order valence-corrected chi connectivity index (χ2v) is 2.23. The van der Waals surface area contributed by atoms with Crippen LogP contribution in [0.3, 0.4) is 0 Å². The minimum atomic E-state index is -1.40. The normalized spacial score (nSPS) is 9.00. The van der Waals surface area contributed by atoms with Crippen LogP contribution in [0.5, 0.6) is 0 Å². The Kier molecular flexibility index (Phi) is 5.13. The first-order valence-corrected chi connectivity index (χ1v) is 3.10. The van der Waals surface area contributed by atoms with Crippen LogP contribution in [0.25, 0.3) is 0 Å². The van der Waals surface area contributed by atoms with Gasteiger partial charge in [-0.2, -0.15) is 0 Å². The predicted molar refractivity (Wildman–Crippen MR) is 35.6 cm³/mol. The molecule has 0 aromatic heterocycles. The second-order valence-electron chi connectivity index (χ2n) is 2.23. The Hall–Kier alpha value is -2.59. The van der Waals surface area contributed by atoms with Crippen LogP contribution in [0.4, 0.5) is 0 Å². The van der Waals surface area contributed by atoms with Gasteiger partial charge < -0.3 is 15.3 Å². The van der Waals surface area contributed by atoms with E-state index in [9.17, 15) is 14.4 Å². The molecule has 0 saturated carbocycles. The van der Waals surface area contributed by atoms with Crippen LogP contribution < -0.4 is 0 Å². The van der Waals surface area contributed by atoms with E-state index in [1.807, 2.05) is 0 Å². The van der Waals surface area contributed by atoms with Crippen LogP contribution in [-0.4, -0.2) is 33.2 Å². The molecule has 6 nitrogen and oxygen atoms in total. The first-order valence-electron chi connectivity index (χ1n) is 3.10. The fourth-order valence-electron chi connectivity index (χ4n) is 0.668. The number of hydrogen-bond acceptors (Lipinski definition) is 3. The van der Waals surface area contributed by atoms with E-state index in [1.54, 1.807) is 0 Å². The number of carboxylic acid groups (broad SMARTS) is 3. The maximum absolute atomic E-state index is 10.2. The molecule has 0 amide bonds. The van der Waals surface area contributed by atoms with Gasteiger partial charge in [-0.1, -0.05) is 0 Å². The summed E-state index contributed by atoms with van der Waals surface area (Å²) in [4.78, 5) is 30.3. The van der Waals surface area contributed by atoms with Crippen LogP contribution in [0.15, 0.2) is 0 Å². The van der Waals surface area contributed by atoms with E-state index in [4.69, 9.17) is 15.3 Å². The number of carboxylic acids is 3. The van der Waals surface area contributed by atoms with Crippen molar-refractivity contribution in [1.29, 1.82) is 0 Å². The van der Waals surface area contributed by atoms with Crippen molar-refractivity contribution in [1.82, 2.24) is 0 Å². The maximum atomic E-state index is 10.2. The molecule has 0 unspecified atom stereocenters. The van der Waals surface area contributed by atoms with Gasteiger partial charge in [-0.05, 0) is 0 Å². The average Bonchev–Trinajstić information content (AvgIpc) is 1.83. The molecule has 7 heteroatoms. The fourth-order valence-corrected chi connectivity index (χ4v) is 0.668. The van der Waals surface area contributed by atoms with Gasteiger partial charge in [0.1, 0.15) is 0 Å². The zero-order chi connectivity index (χ0) is 9.72. The van der Waals surface area contributed by atoms with Crippen LogP contribution in [0, 0.1) is 5.92 Å². The van der Waals surface area contributed by atoms with E-state index in [0.29, 0.717) is 0 Å². The molecule has 0 spiro atoms. The van der Waals surface area contributed by atoms with Gasteiger partial charge in [0.05, 0.1) is 18.8 Å².